The second kappa shape index (κ2) is 7.88. The van der Waals surface area contributed by atoms with Gasteiger partial charge in [0.05, 0.1) is 16.6 Å². The molecule has 1 aromatic rings. The van der Waals surface area contributed by atoms with Gasteiger partial charge in [0.1, 0.15) is 5.78 Å². The first-order valence-corrected chi connectivity index (χ1v) is 6.37. The third-order valence-corrected chi connectivity index (χ3v) is 2.71. The standard InChI is InChI=1S/C12H14ClNO2.C2H6/c1-7-4-5-10(13)11(6-7)14-12(16)8(2)9(3)15;1-2/h4-6,8H,1-3H3,(H,14,16);1-2H3. The smallest absolute Gasteiger partial charge is 0.234 e. The van der Waals surface area contributed by atoms with Crippen molar-refractivity contribution >= 4 is 29.0 Å². The van der Waals surface area contributed by atoms with E-state index in [0.717, 1.165) is 5.56 Å². The number of carbonyl (C=O) groups excluding carboxylic acids is 2. The Hall–Kier alpha value is -1.35. The van der Waals surface area contributed by atoms with E-state index >= 15 is 0 Å². The lowest BCUT2D eigenvalue weighted by Gasteiger charge is -2.11. The molecule has 0 bridgehead atoms. The molecule has 0 aliphatic heterocycles. The molecule has 0 saturated heterocycles. The second-order valence-corrected chi connectivity index (χ2v) is 4.21. The number of nitrogens with one attached hydrogen (secondary N) is 1. The summed E-state index contributed by atoms with van der Waals surface area (Å²) in [6.45, 7) is 8.86. The van der Waals surface area contributed by atoms with Crippen LogP contribution in [-0.2, 0) is 9.59 Å². The van der Waals surface area contributed by atoms with Crippen LogP contribution in [0.1, 0.15) is 33.3 Å². The highest BCUT2D eigenvalue weighted by Gasteiger charge is 2.18. The van der Waals surface area contributed by atoms with Gasteiger partial charge < -0.3 is 5.32 Å². The van der Waals surface area contributed by atoms with Gasteiger partial charge in [0.2, 0.25) is 5.91 Å². The van der Waals surface area contributed by atoms with Gasteiger partial charge in [-0.15, -0.1) is 0 Å². The van der Waals surface area contributed by atoms with Crippen molar-refractivity contribution in [3.63, 3.8) is 0 Å². The summed E-state index contributed by atoms with van der Waals surface area (Å²) in [5.41, 5.74) is 1.54. The maximum Gasteiger partial charge on any atom is 0.234 e. The highest BCUT2D eigenvalue weighted by atomic mass is 35.5. The number of aryl methyl sites for hydroxylation is 1. The molecule has 0 radical (unpaired) electrons. The summed E-state index contributed by atoms with van der Waals surface area (Å²) >= 11 is 5.92. The largest absolute Gasteiger partial charge is 0.324 e. The number of hydrogen-bond acceptors (Lipinski definition) is 2. The summed E-state index contributed by atoms with van der Waals surface area (Å²) in [5, 5.41) is 3.11. The molecule has 0 aliphatic rings. The Morgan fingerprint density at radius 1 is 1.28 bits per heavy atom. The van der Waals surface area contributed by atoms with Crippen molar-refractivity contribution in [2.75, 3.05) is 5.32 Å². The zero-order valence-electron chi connectivity index (χ0n) is 11.5. The fourth-order valence-corrected chi connectivity index (χ4v) is 1.33. The Morgan fingerprint density at radius 3 is 2.33 bits per heavy atom. The van der Waals surface area contributed by atoms with Gasteiger partial charge in [-0.3, -0.25) is 9.59 Å². The van der Waals surface area contributed by atoms with E-state index in [1.807, 2.05) is 26.8 Å². The molecule has 18 heavy (non-hydrogen) atoms. The molecule has 0 saturated carbocycles. The van der Waals surface area contributed by atoms with Gasteiger partial charge in [-0.25, -0.2) is 0 Å². The Bertz CT molecular complexity index is 430. The van der Waals surface area contributed by atoms with Crippen LogP contribution in [-0.4, -0.2) is 11.7 Å². The van der Waals surface area contributed by atoms with Crippen LogP contribution in [0.5, 0.6) is 0 Å². The number of carbonyl (C=O) groups is 2. The van der Waals surface area contributed by atoms with Crippen LogP contribution in [0.3, 0.4) is 0 Å². The fourth-order valence-electron chi connectivity index (χ4n) is 1.16. The Kier molecular flexibility index (Phi) is 7.29. The van der Waals surface area contributed by atoms with Crippen LogP contribution in [0, 0.1) is 12.8 Å². The molecule has 1 unspecified atom stereocenters. The van der Waals surface area contributed by atoms with Gasteiger partial charge in [0, 0.05) is 0 Å². The molecule has 1 amide bonds. The van der Waals surface area contributed by atoms with Crippen LogP contribution in [0.15, 0.2) is 18.2 Å². The van der Waals surface area contributed by atoms with Crippen molar-refractivity contribution in [3.05, 3.63) is 28.8 Å². The summed E-state index contributed by atoms with van der Waals surface area (Å²) in [6, 6.07) is 5.34. The number of Topliss-reactive ketones (excluding diaryl/α,β-unsaturated/α-hetero) is 1. The Balaban J connectivity index is 0.00000137. The van der Waals surface area contributed by atoms with Gasteiger partial charge in [-0.1, -0.05) is 31.5 Å². The van der Waals surface area contributed by atoms with E-state index in [1.54, 1.807) is 19.1 Å². The van der Waals surface area contributed by atoms with E-state index in [0.29, 0.717) is 10.7 Å². The van der Waals surface area contributed by atoms with E-state index in [9.17, 15) is 9.59 Å². The SMILES string of the molecule is CC.CC(=O)C(C)C(=O)Nc1cc(C)ccc1Cl. The maximum absolute atomic E-state index is 11.6. The fraction of sp³-hybridized carbons (Fsp3) is 0.429. The molecule has 1 aromatic carbocycles. The number of rotatable bonds is 3. The van der Waals surface area contributed by atoms with Crippen LogP contribution < -0.4 is 5.32 Å². The van der Waals surface area contributed by atoms with Gasteiger partial charge in [0.15, 0.2) is 0 Å². The molecule has 1 atom stereocenters. The third-order valence-electron chi connectivity index (χ3n) is 2.38. The summed E-state index contributed by atoms with van der Waals surface area (Å²) in [6.07, 6.45) is 0. The van der Waals surface area contributed by atoms with E-state index in [2.05, 4.69) is 5.32 Å². The van der Waals surface area contributed by atoms with Crippen molar-refractivity contribution in [1.29, 1.82) is 0 Å². The zero-order chi connectivity index (χ0) is 14.3. The Morgan fingerprint density at radius 2 is 1.83 bits per heavy atom. The molecule has 3 nitrogen and oxygen atoms in total. The summed E-state index contributed by atoms with van der Waals surface area (Å²) in [7, 11) is 0. The molecule has 1 N–H and O–H groups in total. The predicted molar refractivity (Wildman–Crippen MR) is 76.0 cm³/mol. The highest BCUT2D eigenvalue weighted by Crippen LogP contribution is 2.23. The predicted octanol–water partition coefficient (Wildman–Crippen LogP) is 3.84. The minimum absolute atomic E-state index is 0.165. The average Bonchev–Trinajstić information content (AvgIpc) is 2.35. The van der Waals surface area contributed by atoms with Gasteiger partial charge in [-0.2, -0.15) is 0 Å². The molecule has 1 rings (SSSR count). The lowest BCUT2D eigenvalue weighted by molar-refractivity contribution is -0.129. The number of hydrogen-bond donors (Lipinski definition) is 1. The minimum Gasteiger partial charge on any atom is -0.324 e. The van der Waals surface area contributed by atoms with Crippen molar-refractivity contribution < 1.29 is 9.59 Å². The van der Waals surface area contributed by atoms with Crippen LogP contribution in [0.4, 0.5) is 5.69 Å². The molecule has 0 aliphatic carbocycles. The molecule has 4 heteroatoms. The first-order chi connectivity index (χ1) is 8.41. The summed E-state index contributed by atoms with van der Waals surface area (Å²) in [5.74, 6) is -1.15. The lowest BCUT2D eigenvalue weighted by atomic mass is 10.1. The molecular formula is C14H20ClNO2. The van der Waals surface area contributed by atoms with Crippen LogP contribution >= 0.6 is 11.6 Å². The van der Waals surface area contributed by atoms with Gasteiger partial charge in [-0.05, 0) is 38.5 Å². The molecule has 0 spiro atoms. The molecule has 0 aromatic heterocycles. The van der Waals surface area contributed by atoms with Crippen molar-refractivity contribution in [2.24, 2.45) is 5.92 Å². The maximum atomic E-state index is 11.6. The van der Waals surface area contributed by atoms with E-state index in [-0.39, 0.29) is 11.7 Å². The highest BCUT2D eigenvalue weighted by molar-refractivity contribution is 6.33. The van der Waals surface area contributed by atoms with Crippen molar-refractivity contribution in [2.45, 2.75) is 34.6 Å². The quantitative estimate of drug-likeness (QED) is 0.848. The normalized spacial score (nSPS) is 11.0. The molecule has 0 heterocycles. The molecular weight excluding hydrogens is 250 g/mol. The first kappa shape index (κ1) is 16.6. The van der Waals surface area contributed by atoms with Gasteiger partial charge >= 0.3 is 0 Å². The zero-order valence-corrected chi connectivity index (χ0v) is 12.3. The molecule has 100 valence electrons. The monoisotopic (exact) mass is 269 g/mol. The van der Waals surface area contributed by atoms with E-state index < -0.39 is 5.92 Å². The first-order valence-electron chi connectivity index (χ1n) is 5.99. The number of ketones is 1. The topological polar surface area (TPSA) is 46.2 Å². The van der Waals surface area contributed by atoms with Gasteiger partial charge in [0.25, 0.3) is 0 Å². The van der Waals surface area contributed by atoms with Crippen LogP contribution in [0.25, 0.3) is 0 Å². The third kappa shape index (κ3) is 4.88. The second-order valence-electron chi connectivity index (χ2n) is 3.80. The lowest BCUT2D eigenvalue weighted by Crippen LogP contribution is -2.25. The van der Waals surface area contributed by atoms with Crippen LogP contribution in [0.2, 0.25) is 5.02 Å². The number of benzene rings is 1. The van der Waals surface area contributed by atoms with E-state index in [4.69, 9.17) is 11.6 Å². The minimum atomic E-state index is -0.656. The number of amides is 1. The average molecular weight is 270 g/mol. The number of halogens is 1. The molecule has 0 fully saturated rings. The number of anilines is 1. The Labute approximate surface area is 114 Å². The summed E-state index contributed by atoms with van der Waals surface area (Å²) in [4.78, 5) is 22.7. The van der Waals surface area contributed by atoms with Crippen molar-refractivity contribution in [1.82, 2.24) is 0 Å². The van der Waals surface area contributed by atoms with Crippen molar-refractivity contribution in [3.8, 4) is 0 Å². The van der Waals surface area contributed by atoms with E-state index in [1.165, 1.54) is 6.92 Å². The summed E-state index contributed by atoms with van der Waals surface area (Å²) < 4.78 is 0.